The van der Waals surface area contributed by atoms with Gasteiger partial charge in [0.05, 0.1) is 26.4 Å². The predicted octanol–water partition coefficient (Wildman–Crippen LogP) is 3.20. The van der Waals surface area contributed by atoms with E-state index in [4.69, 9.17) is 17.3 Å². The molecule has 0 aliphatic rings. The zero-order chi connectivity index (χ0) is 10.7. The van der Waals surface area contributed by atoms with Crippen LogP contribution in [0.3, 0.4) is 0 Å². The summed E-state index contributed by atoms with van der Waals surface area (Å²) in [6, 6.07) is 3.35. The number of halogens is 2. The van der Waals surface area contributed by atoms with Gasteiger partial charge in [0, 0.05) is 10.2 Å². The van der Waals surface area contributed by atoms with E-state index < -0.39 is 10.8 Å². The van der Waals surface area contributed by atoms with Crippen molar-refractivity contribution in [3.8, 4) is 0 Å². The van der Waals surface area contributed by atoms with Crippen LogP contribution in [0.2, 0.25) is 5.02 Å². The highest BCUT2D eigenvalue weighted by atomic mass is 79.9. The summed E-state index contributed by atoms with van der Waals surface area (Å²) < 4.78 is 12.5. The molecule has 0 amide bonds. The van der Waals surface area contributed by atoms with Gasteiger partial charge in [0.15, 0.2) is 0 Å². The fraction of sp³-hybridized carbons (Fsp3) is 0.333. The van der Waals surface area contributed by atoms with Crippen LogP contribution < -0.4 is 5.73 Å². The molecule has 1 aromatic carbocycles. The fourth-order valence-corrected chi connectivity index (χ4v) is 3.26. The molecule has 0 fully saturated rings. The maximum absolute atomic E-state index is 11.7. The van der Waals surface area contributed by atoms with Crippen molar-refractivity contribution in [1.82, 2.24) is 0 Å². The Labute approximate surface area is 99.4 Å². The molecule has 0 saturated carbocycles. The number of benzene rings is 1. The molecule has 1 rings (SSSR count). The lowest BCUT2D eigenvalue weighted by atomic mass is 10.3. The molecule has 2 N–H and O–H groups in total. The van der Waals surface area contributed by atoms with Gasteiger partial charge in [0.2, 0.25) is 0 Å². The first-order valence-corrected chi connectivity index (χ1v) is 6.68. The molecule has 0 aliphatic heterocycles. The van der Waals surface area contributed by atoms with Crippen LogP contribution in [0.5, 0.6) is 0 Å². The van der Waals surface area contributed by atoms with Crippen molar-refractivity contribution >= 4 is 44.0 Å². The molecule has 0 spiro atoms. The molecule has 0 aliphatic carbocycles. The van der Waals surface area contributed by atoms with Crippen LogP contribution >= 0.6 is 27.5 Å². The van der Waals surface area contributed by atoms with E-state index in [9.17, 15) is 4.21 Å². The number of rotatable bonds is 3. The molecular formula is C9H11BrClNOS. The summed E-state index contributed by atoms with van der Waals surface area (Å²) in [6.07, 6.45) is 0.876. The molecule has 0 radical (unpaired) electrons. The second kappa shape index (κ2) is 5.14. The van der Waals surface area contributed by atoms with Gasteiger partial charge in [-0.1, -0.05) is 18.5 Å². The lowest BCUT2D eigenvalue weighted by Gasteiger charge is -2.06. The Balaban J connectivity index is 3.09. The van der Waals surface area contributed by atoms with E-state index in [1.165, 1.54) is 0 Å². The van der Waals surface area contributed by atoms with Crippen molar-refractivity contribution in [3.05, 3.63) is 21.6 Å². The van der Waals surface area contributed by atoms with Gasteiger partial charge < -0.3 is 5.73 Å². The predicted molar refractivity (Wildman–Crippen MR) is 65.1 cm³/mol. The van der Waals surface area contributed by atoms with E-state index in [1.807, 2.05) is 6.92 Å². The van der Waals surface area contributed by atoms with Crippen LogP contribution in [-0.4, -0.2) is 9.96 Å². The number of anilines is 1. The summed E-state index contributed by atoms with van der Waals surface area (Å²) >= 11 is 9.17. The largest absolute Gasteiger partial charge is 0.397 e. The summed E-state index contributed by atoms with van der Waals surface area (Å²) in [6.45, 7) is 1.99. The van der Waals surface area contributed by atoms with Crippen molar-refractivity contribution in [2.45, 2.75) is 18.2 Å². The molecule has 0 aromatic heterocycles. The van der Waals surface area contributed by atoms with Gasteiger partial charge in [-0.25, -0.2) is 0 Å². The van der Waals surface area contributed by atoms with Crippen molar-refractivity contribution < 1.29 is 4.21 Å². The molecule has 0 bridgehead atoms. The standard InChI is InChI=1S/C9H11BrClNOS/c1-2-3-14(13)9-5-7(11)8(12)4-6(9)10/h4-5H,2-3,12H2,1H3. The molecule has 1 unspecified atom stereocenters. The number of nitrogen functional groups attached to an aromatic ring is 1. The molecule has 1 aromatic rings. The Kier molecular flexibility index (Phi) is 4.41. The van der Waals surface area contributed by atoms with Gasteiger partial charge in [0.25, 0.3) is 0 Å². The fourth-order valence-electron chi connectivity index (χ4n) is 1.01. The average Bonchev–Trinajstić information content (AvgIpc) is 2.11. The van der Waals surface area contributed by atoms with Gasteiger partial charge in [-0.3, -0.25) is 4.21 Å². The average molecular weight is 297 g/mol. The first-order chi connectivity index (χ1) is 6.56. The van der Waals surface area contributed by atoms with Crippen molar-refractivity contribution in [2.75, 3.05) is 11.5 Å². The third kappa shape index (κ3) is 2.72. The van der Waals surface area contributed by atoms with E-state index in [0.717, 1.165) is 10.9 Å². The van der Waals surface area contributed by atoms with Gasteiger partial charge in [-0.2, -0.15) is 0 Å². The zero-order valence-corrected chi connectivity index (χ0v) is 10.9. The minimum atomic E-state index is -1.00. The molecule has 2 nitrogen and oxygen atoms in total. The molecule has 0 heterocycles. The van der Waals surface area contributed by atoms with Crippen LogP contribution in [-0.2, 0) is 10.8 Å². The smallest absolute Gasteiger partial charge is 0.0648 e. The van der Waals surface area contributed by atoms with Gasteiger partial charge in [0.1, 0.15) is 0 Å². The van der Waals surface area contributed by atoms with Gasteiger partial charge in [-0.05, 0) is 34.5 Å². The van der Waals surface area contributed by atoms with Crippen molar-refractivity contribution in [1.29, 1.82) is 0 Å². The monoisotopic (exact) mass is 295 g/mol. The second-order valence-corrected chi connectivity index (χ2v) is 5.65. The molecule has 1 atom stereocenters. The highest BCUT2D eigenvalue weighted by molar-refractivity contribution is 9.10. The molecule has 14 heavy (non-hydrogen) atoms. The highest BCUT2D eigenvalue weighted by Gasteiger charge is 2.10. The maximum Gasteiger partial charge on any atom is 0.0648 e. The summed E-state index contributed by atoms with van der Waals surface area (Å²) in [5, 5.41) is 0.452. The first-order valence-electron chi connectivity index (χ1n) is 4.19. The van der Waals surface area contributed by atoms with Crippen LogP contribution in [0.1, 0.15) is 13.3 Å². The van der Waals surface area contributed by atoms with E-state index in [1.54, 1.807) is 12.1 Å². The van der Waals surface area contributed by atoms with E-state index in [-0.39, 0.29) is 0 Å². The van der Waals surface area contributed by atoms with Crippen LogP contribution in [0.4, 0.5) is 5.69 Å². The minimum Gasteiger partial charge on any atom is -0.397 e. The Morgan fingerprint density at radius 2 is 2.21 bits per heavy atom. The second-order valence-electron chi connectivity index (χ2n) is 2.85. The summed E-state index contributed by atoms with van der Waals surface area (Å²) in [4.78, 5) is 0.714. The van der Waals surface area contributed by atoms with E-state index in [2.05, 4.69) is 15.9 Å². The maximum atomic E-state index is 11.7. The van der Waals surface area contributed by atoms with Crippen LogP contribution in [0, 0.1) is 0 Å². The number of hydrogen-bond acceptors (Lipinski definition) is 2. The minimum absolute atomic E-state index is 0.452. The number of hydrogen-bond donors (Lipinski definition) is 1. The Bertz CT molecular complexity index is 370. The highest BCUT2D eigenvalue weighted by Crippen LogP contribution is 2.29. The molecular weight excluding hydrogens is 286 g/mol. The Hall–Kier alpha value is -0.0600. The van der Waals surface area contributed by atoms with Crippen LogP contribution in [0.25, 0.3) is 0 Å². The summed E-state index contributed by atoms with van der Waals surface area (Å²) in [7, 11) is -1.00. The first kappa shape index (κ1) is 12.0. The van der Waals surface area contributed by atoms with E-state index in [0.29, 0.717) is 21.4 Å². The normalized spacial score (nSPS) is 12.8. The molecule has 0 saturated heterocycles. The summed E-state index contributed by atoms with van der Waals surface area (Å²) in [5.41, 5.74) is 6.10. The SMILES string of the molecule is CCCS(=O)c1cc(Cl)c(N)cc1Br. The Morgan fingerprint density at radius 3 is 2.79 bits per heavy atom. The molecule has 78 valence electrons. The van der Waals surface area contributed by atoms with Crippen LogP contribution in [0.15, 0.2) is 21.5 Å². The quantitative estimate of drug-likeness (QED) is 0.870. The third-order valence-corrected chi connectivity index (χ3v) is 4.54. The zero-order valence-electron chi connectivity index (χ0n) is 7.72. The van der Waals surface area contributed by atoms with Crippen molar-refractivity contribution in [2.24, 2.45) is 0 Å². The van der Waals surface area contributed by atoms with E-state index >= 15 is 0 Å². The topological polar surface area (TPSA) is 43.1 Å². The van der Waals surface area contributed by atoms with Gasteiger partial charge >= 0.3 is 0 Å². The Morgan fingerprint density at radius 1 is 1.57 bits per heavy atom. The van der Waals surface area contributed by atoms with Crippen molar-refractivity contribution in [3.63, 3.8) is 0 Å². The lowest BCUT2D eigenvalue weighted by molar-refractivity contribution is 0.681. The molecule has 5 heteroatoms. The van der Waals surface area contributed by atoms with Gasteiger partial charge in [-0.15, -0.1) is 0 Å². The third-order valence-electron chi connectivity index (χ3n) is 1.69. The number of nitrogens with two attached hydrogens (primary N) is 1. The lowest BCUT2D eigenvalue weighted by Crippen LogP contribution is -1.99. The summed E-state index contributed by atoms with van der Waals surface area (Å²) in [5.74, 6) is 0.638.